The number of aryl methyl sites for hydroxylation is 1. The molecule has 0 saturated heterocycles. The fourth-order valence-corrected chi connectivity index (χ4v) is 3.04. The molecule has 0 fully saturated rings. The molecule has 0 atom stereocenters. The van der Waals surface area contributed by atoms with Crippen molar-refractivity contribution >= 4 is 33.2 Å². The Hall–Kier alpha value is -2.91. The molecule has 8 nitrogen and oxygen atoms in total. The van der Waals surface area contributed by atoms with Crippen LogP contribution in [0.1, 0.15) is 26.3 Å². The van der Waals surface area contributed by atoms with Crippen LogP contribution >= 0.6 is 0 Å². The summed E-state index contributed by atoms with van der Waals surface area (Å²) < 4.78 is 30.3. The van der Waals surface area contributed by atoms with Crippen molar-refractivity contribution in [3.63, 3.8) is 0 Å². The largest absolute Gasteiger partial charge is 0.383 e. The molecule has 0 aliphatic rings. The third kappa shape index (κ3) is 6.07. The first-order valence-corrected chi connectivity index (χ1v) is 10.4. The van der Waals surface area contributed by atoms with Gasteiger partial charge < -0.3 is 15.4 Å². The van der Waals surface area contributed by atoms with E-state index in [0.717, 1.165) is 6.26 Å². The smallest absolute Gasteiger partial charge is 0.255 e. The summed E-state index contributed by atoms with van der Waals surface area (Å²) in [5.41, 5.74) is 1.92. The molecule has 2 aromatic rings. The molecule has 0 aliphatic heterocycles. The van der Waals surface area contributed by atoms with Gasteiger partial charge in [-0.25, -0.2) is 8.42 Å². The number of carbonyl (C=O) groups is 2. The van der Waals surface area contributed by atoms with Crippen LogP contribution in [-0.2, 0) is 14.8 Å². The molecule has 0 spiro atoms. The molecule has 0 radical (unpaired) electrons. The summed E-state index contributed by atoms with van der Waals surface area (Å²) in [5.74, 6) is -0.801. The molecule has 2 rings (SSSR count). The van der Waals surface area contributed by atoms with Gasteiger partial charge in [0.15, 0.2) is 0 Å². The first kappa shape index (κ1) is 21.4. The predicted molar refractivity (Wildman–Crippen MR) is 108 cm³/mol. The minimum atomic E-state index is -3.47. The summed E-state index contributed by atoms with van der Waals surface area (Å²) in [4.78, 5) is 25.0. The van der Waals surface area contributed by atoms with Crippen LogP contribution in [0.3, 0.4) is 0 Å². The fourth-order valence-electron chi connectivity index (χ4n) is 2.42. The lowest BCUT2D eigenvalue weighted by atomic mass is 10.1. The summed E-state index contributed by atoms with van der Waals surface area (Å²) >= 11 is 0. The summed E-state index contributed by atoms with van der Waals surface area (Å²) in [7, 11) is -1.94. The number of sulfonamides is 1. The first-order valence-electron chi connectivity index (χ1n) is 8.47. The number of benzene rings is 2. The second-order valence-corrected chi connectivity index (χ2v) is 7.90. The average Bonchev–Trinajstić information content (AvgIpc) is 2.63. The van der Waals surface area contributed by atoms with Gasteiger partial charge in [0, 0.05) is 19.2 Å². The van der Waals surface area contributed by atoms with E-state index in [1.54, 1.807) is 43.3 Å². The number of methoxy groups -OCH3 is 1. The number of rotatable bonds is 8. The topological polar surface area (TPSA) is 114 Å². The Balaban J connectivity index is 2.22. The Morgan fingerprint density at radius 1 is 1.04 bits per heavy atom. The number of carbonyl (C=O) groups excluding carboxylic acids is 2. The van der Waals surface area contributed by atoms with Crippen molar-refractivity contribution in [3.8, 4) is 0 Å². The number of para-hydroxylation sites is 1. The van der Waals surface area contributed by atoms with Gasteiger partial charge in [-0.1, -0.05) is 18.2 Å². The summed E-state index contributed by atoms with van der Waals surface area (Å²) in [6.45, 7) is 2.45. The molecular weight excluding hydrogens is 382 g/mol. The molecule has 0 aromatic heterocycles. The Morgan fingerprint density at radius 3 is 2.43 bits per heavy atom. The summed E-state index contributed by atoms with van der Waals surface area (Å²) in [6.07, 6.45) is 1.04. The van der Waals surface area contributed by atoms with E-state index >= 15 is 0 Å². The van der Waals surface area contributed by atoms with Crippen molar-refractivity contribution in [1.29, 1.82) is 0 Å². The van der Waals surface area contributed by atoms with Crippen LogP contribution in [0.2, 0.25) is 0 Å². The number of ether oxygens (including phenoxy) is 1. The third-order valence-electron chi connectivity index (χ3n) is 3.81. The molecular formula is C19H23N3O5S. The molecule has 0 unspecified atom stereocenters. The SMILES string of the molecule is COCCNC(=O)c1ccccc1NC(=O)c1ccc(C)c(NS(C)(=O)=O)c1. The molecule has 3 N–H and O–H groups in total. The van der Waals surface area contributed by atoms with Gasteiger partial charge >= 0.3 is 0 Å². The maximum Gasteiger partial charge on any atom is 0.255 e. The fraction of sp³-hybridized carbons (Fsp3) is 0.263. The predicted octanol–water partition coefficient (Wildman–Crippen LogP) is 2.00. The van der Waals surface area contributed by atoms with Crippen molar-refractivity contribution in [1.82, 2.24) is 5.32 Å². The number of hydrogen-bond donors (Lipinski definition) is 3. The normalized spacial score (nSPS) is 11.0. The zero-order valence-electron chi connectivity index (χ0n) is 15.9. The van der Waals surface area contributed by atoms with Crippen LogP contribution in [0.5, 0.6) is 0 Å². The van der Waals surface area contributed by atoms with E-state index in [0.29, 0.717) is 35.7 Å². The third-order valence-corrected chi connectivity index (χ3v) is 4.40. The van der Waals surface area contributed by atoms with Gasteiger partial charge in [-0.2, -0.15) is 0 Å². The Kier molecular flexibility index (Phi) is 7.13. The number of amides is 2. The quantitative estimate of drug-likeness (QED) is 0.581. The van der Waals surface area contributed by atoms with Crippen molar-refractivity contribution in [2.24, 2.45) is 0 Å². The molecule has 0 saturated carbocycles. The maximum absolute atomic E-state index is 12.6. The highest BCUT2D eigenvalue weighted by Gasteiger charge is 2.15. The lowest BCUT2D eigenvalue weighted by Gasteiger charge is -2.13. The van der Waals surface area contributed by atoms with Crippen molar-refractivity contribution < 1.29 is 22.7 Å². The van der Waals surface area contributed by atoms with Crippen LogP contribution in [-0.4, -0.2) is 46.7 Å². The minimum absolute atomic E-state index is 0.256. The molecule has 2 aromatic carbocycles. The van der Waals surface area contributed by atoms with Crippen LogP contribution in [0.25, 0.3) is 0 Å². The molecule has 9 heteroatoms. The molecule has 150 valence electrons. The van der Waals surface area contributed by atoms with E-state index < -0.39 is 15.9 Å². The lowest BCUT2D eigenvalue weighted by molar-refractivity contribution is 0.0938. The second-order valence-electron chi connectivity index (χ2n) is 6.15. The van der Waals surface area contributed by atoms with E-state index in [9.17, 15) is 18.0 Å². The molecule has 0 bridgehead atoms. The van der Waals surface area contributed by atoms with Gasteiger partial charge in [-0.05, 0) is 36.8 Å². The first-order chi connectivity index (χ1) is 13.2. The highest BCUT2D eigenvalue weighted by molar-refractivity contribution is 7.92. The van der Waals surface area contributed by atoms with Gasteiger partial charge in [0.2, 0.25) is 10.0 Å². The standard InChI is InChI=1S/C19H23N3O5S/c1-13-8-9-14(12-17(13)22-28(3,25)26)18(23)21-16-7-5-4-6-15(16)19(24)20-10-11-27-2/h4-9,12,22H,10-11H2,1-3H3,(H,20,24)(H,21,23). The maximum atomic E-state index is 12.6. The van der Waals surface area contributed by atoms with Gasteiger partial charge in [-0.15, -0.1) is 0 Å². The van der Waals surface area contributed by atoms with Crippen LogP contribution in [0.15, 0.2) is 42.5 Å². The van der Waals surface area contributed by atoms with Gasteiger partial charge in [-0.3, -0.25) is 14.3 Å². The monoisotopic (exact) mass is 405 g/mol. The van der Waals surface area contributed by atoms with Crippen LogP contribution < -0.4 is 15.4 Å². The zero-order valence-corrected chi connectivity index (χ0v) is 16.7. The van der Waals surface area contributed by atoms with Crippen molar-refractivity contribution in [2.75, 3.05) is 36.6 Å². The average molecular weight is 405 g/mol. The highest BCUT2D eigenvalue weighted by atomic mass is 32.2. The van der Waals surface area contributed by atoms with Crippen molar-refractivity contribution in [2.45, 2.75) is 6.92 Å². The lowest BCUT2D eigenvalue weighted by Crippen LogP contribution is -2.28. The van der Waals surface area contributed by atoms with Gasteiger partial charge in [0.1, 0.15) is 0 Å². The van der Waals surface area contributed by atoms with E-state index in [1.807, 2.05) is 0 Å². The van der Waals surface area contributed by atoms with E-state index in [-0.39, 0.29) is 11.5 Å². The van der Waals surface area contributed by atoms with Gasteiger partial charge in [0.25, 0.3) is 11.8 Å². The summed E-state index contributed by atoms with van der Waals surface area (Å²) in [5, 5.41) is 5.40. The van der Waals surface area contributed by atoms with Crippen LogP contribution in [0, 0.1) is 6.92 Å². The Bertz CT molecular complexity index is 973. The number of nitrogens with one attached hydrogen (secondary N) is 3. The molecule has 0 aliphatic carbocycles. The number of anilines is 2. The minimum Gasteiger partial charge on any atom is -0.383 e. The Labute approximate surface area is 164 Å². The van der Waals surface area contributed by atoms with Gasteiger partial charge in [0.05, 0.1) is 29.8 Å². The summed E-state index contributed by atoms with van der Waals surface area (Å²) in [6, 6.07) is 11.3. The van der Waals surface area contributed by atoms with Crippen LogP contribution in [0.4, 0.5) is 11.4 Å². The number of hydrogen-bond acceptors (Lipinski definition) is 5. The highest BCUT2D eigenvalue weighted by Crippen LogP contribution is 2.20. The van der Waals surface area contributed by atoms with Crippen molar-refractivity contribution in [3.05, 3.63) is 59.2 Å². The molecule has 28 heavy (non-hydrogen) atoms. The molecule has 0 heterocycles. The van der Waals surface area contributed by atoms with E-state index in [1.165, 1.54) is 13.2 Å². The Morgan fingerprint density at radius 2 is 1.75 bits per heavy atom. The molecule has 2 amide bonds. The van der Waals surface area contributed by atoms with E-state index in [4.69, 9.17) is 4.74 Å². The van der Waals surface area contributed by atoms with E-state index in [2.05, 4.69) is 15.4 Å². The zero-order chi connectivity index (χ0) is 20.7. The second kappa shape index (κ2) is 9.34.